The first-order valence-electron chi connectivity index (χ1n) is 5.85. The van der Waals surface area contributed by atoms with E-state index in [1.807, 2.05) is 12.1 Å². The van der Waals surface area contributed by atoms with Gasteiger partial charge in [-0.15, -0.1) is 0 Å². The van der Waals surface area contributed by atoms with Crippen LogP contribution in [0.2, 0.25) is 0 Å². The Morgan fingerprint density at radius 3 is 2.56 bits per heavy atom. The summed E-state index contributed by atoms with van der Waals surface area (Å²) < 4.78 is 1.08. The Morgan fingerprint density at radius 2 is 1.94 bits per heavy atom. The Hall–Kier alpha value is -1.11. The van der Waals surface area contributed by atoms with E-state index in [9.17, 15) is 9.59 Å². The van der Waals surface area contributed by atoms with Gasteiger partial charge >= 0.3 is 5.97 Å². The minimum atomic E-state index is -0.810. The second-order valence-corrected chi connectivity index (χ2v) is 5.68. The zero-order chi connectivity index (χ0) is 13.1. The van der Waals surface area contributed by atoms with Gasteiger partial charge in [0.2, 0.25) is 0 Å². The van der Waals surface area contributed by atoms with Gasteiger partial charge in [0, 0.05) is 22.2 Å². The van der Waals surface area contributed by atoms with E-state index in [1.54, 1.807) is 17.0 Å². The third-order valence-corrected chi connectivity index (χ3v) is 3.87. The summed E-state index contributed by atoms with van der Waals surface area (Å²) in [5.74, 6) is -1.31. The molecule has 2 rings (SSSR count). The molecule has 1 aromatic rings. The highest BCUT2D eigenvalue weighted by Crippen LogP contribution is 2.19. The van der Waals surface area contributed by atoms with Crippen molar-refractivity contribution in [2.24, 2.45) is 5.92 Å². The van der Waals surface area contributed by atoms with E-state index in [2.05, 4.69) is 22.6 Å². The predicted octanol–water partition coefficient (Wildman–Crippen LogP) is 2.23. The summed E-state index contributed by atoms with van der Waals surface area (Å²) in [6.07, 6.45) is 1.42. The first-order chi connectivity index (χ1) is 8.58. The molecule has 1 atom stereocenters. The van der Waals surface area contributed by atoms with E-state index >= 15 is 0 Å². The molecule has 5 heteroatoms. The standard InChI is InChI=1S/C13H14INO3/c14-11-5-3-9(4-6-11)12(16)15-7-1-2-10(8-15)13(17)18/h3-6,10H,1-2,7-8H2,(H,17,18)/t10-/m0/s1. The molecule has 1 aliphatic rings. The first-order valence-corrected chi connectivity index (χ1v) is 6.93. The number of piperidine rings is 1. The number of aliphatic carboxylic acids is 1. The van der Waals surface area contributed by atoms with Crippen LogP contribution >= 0.6 is 22.6 Å². The lowest BCUT2D eigenvalue weighted by Crippen LogP contribution is -2.42. The molecule has 4 nitrogen and oxygen atoms in total. The number of nitrogens with zero attached hydrogens (tertiary/aromatic N) is 1. The van der Waals surface area contributed by atoms with Crippen molar-refractivity contribution in [1.82, 2.24) is 4.90 Å². The number of halogens is 1. The van der Waals surface area contributed by atoms with E-state index in [-0.39, 0.29) is 5.91 Å². The summed E-state index contributed by atoms with van der Waals surface area (Å²) in [4.78, 5) is 24.8. The van der Waals surface area contributed by atoms with Crippen molar-refractivity contribution in [2.45, 2.75) is 12.8 Å². The highest BCUT2D eigenvalue weighted by Gasteiger charge is 2.28. The summed E-state index contributed by atoms with van der Waals surface area (Å²) in [6.45, 7) is 0.967. The lowest BCUT2D eigenvalue weighted by atomic mass is 9.97. The fourth-order valence-electron chi connectivity index (χ4n) is 2.14. The molecular formula is C13H14INO3. The Balaban J connectivity index is 2.09. The third kappa shape index (κ3) is 3.01. The zero-order valence-corrected chi connectivity index (χ0v) is 12.0. The summed E-state index contributed by atoms with van der Waals surface area (Å²) in [6, 6.07) is 7.34. The largest absolute Gasteiger partial charge is 0.481 e. The van der Waals surface area contributed by atoms with Gasteiger partial charge in [-0.3, -0.25) is 9.59 Å². The van der Waals surface area contributed by atoms with Gasteiger partial charge in [-0.2, -0.15) is 0 Å². The first kappa shape index (κ1) is 13.3. The maximum atomic E-state index is 12.2. The lowest BCUT2D eigenvalue weighted by Gasteiger charge is -2.30. The second kappa shape index (κ2) is 5.69. The van der Waals surface area contributed by atoms with Crippen molar-refractivity contribution in [3.8, 4) is 0 Å². The number of carboxylic acid groups (broad SMARTS) is 1. The van der Waals surface area contributed by atoms with Crippen LogP contribution in [0.5, 0.6) is 0 Å². The quantitative estimate of drug-likeness (QED) is 0.824. The van der Waals surface area contributed by atoms with Gasteiger partial charge in [-0.1, -0.05) is 0 Å². The van der Waals surface area contributed by atoms with Crippen molar-refractivity contribution < 1.29 is 14.7 Å². The van der Waals surface area contributed by atoms with Crippen molar-refractivity contribution in [2.75, 3.05) is 13.1 Å². The Morgan fingerprint density at radius 1 is 1.28 bits per heavy atom. The van der Waals surface area contributed by atoms with Crippen molar-refractivity contribution in [1.29, 1.82) is 0 Å². The monoisotopic (exact) mass is 359 g/mol. The van der Waals surface area contributed by atoms with Crippen LogP contribution in [0.25, 0.3) is 0 Å². The molecule has 1 heterocycles. The van der Waals surface area contributed by atoms with Crippen LogP contribution in [-0.2, 0) is 4.79 Å². The van der Waals surface area contributed by atoms with Crippen LogP contribution in [0, 0.1) is 9.49 Å². The van der Waals surface area contributed by atoms with Gasteiger partial charge in [0.1, 0.15) is 0 Å². The number of carbonyl (C=O) groups excluding carboxylic acids is 1. The number of likely N-dealkylation sites (tertiary alicyclic amines) is 1. The molecule has 0 spiro atoms. The van der Waals surface area contributed by atoms with E-state index in [0.29, 0.717) is 25.1 Å². The molecule has 0 saturated carbocycles. The fraction of sp³-hybridized carbons (Fsp3) is 0.385. The topological polar surface area (TPSA) is 57.6 Å². The SMILES string of the molecule is O=C(O)[C@H]1CCCN(C(=O)c2ccc(I)cc2)C1. The lowest BCUT2D eigenvalue weighted by molar-refractivity contribution is -0.143. The highest BCUT2D eigenvalue weighted by molar-refractivity contribution is 14.1. The minimum Gasteiger partial charge on any atom is -0.481 e. The number of carboxylic acids is 1. The normalized spacial score (nSPS) is 19.6. The second-order valence-electron chi connectivity index (χ2n) is 4.44. The predicted molar refractivity (Wildman–Crippen MR) is 75.4 cm³/mol. The molecule has 0 aromatic heterocycles. The molecule has 1 aliphatic heterocycles. The molecule has 1 amide bonds. The minimum absolute atomic E-state index is 0.0719. The van der Waals surface area contributed by atoms with Crippen LogP contribution in [0.1, 0.15) is 23.2 Å². The zero-order valence-electron chi connectivity index (χ0n) is 9.80. The molecule has 1 N–H and O–H groups in total. The van der Waals surface area contributed by atoms with Crippen LogP contribution in [-0.4, -0.2) is 35.0 Å². The van der Waals surface area contributed by atoms with Gasteiger partial charge in [-0.05, 0) is 59.7 Å². The van der Waals surface area contributed by atoms with E-state index in [1.165, 1.54) is 0 Å². The smallest absolute Gasteiger partial charge is 0.308 e. The fourth-order valence-corrected chi connectivity index (χ4v) is 2.50. The third-order valence-electron chi connectivity index (χ3n) is 3.15. The van der Waals surface area contributed by atoms with Crippen molar-refractivity contribution in [3.63, 3.8) is 0 Å². The van der Waals surface area contributed by atoms with E-state index in [4.69, 9.17) is 5.11 Å². The number of carbonyl (C=O) groups is 2. The molecule has 18 heavy (non-hydrogen) atoms. The molecular weight excluding hydrogens is 345 g/mol. The molecule has 0 bridgehead atoms. The molecule has 1 fully saturated rings. The molecule has 1 aromatic carbocycles. The number of benzene rings is 1. The highest BCUT2D eigenvalue weighted by atomic mass is 127. The number of amides is 1. The Labute approximate surface area is 119 Å². The average Bonchev–Trinajstić information content (AvgIpc) is 2.39. The number of hydrogen-bond acceptors (Lipinski definition) is 2. The number of hydrogen-bond donors (Lipinski definition) is 1. The Bertz CT molecular complexity index is 458. The van der Waals surface area contributed by atoms with Gasteiger partial charge in [0.15, 0.2) is 0 Å². The van der Waals surface area contributed by atoms with Crippen LogP contribution in [0.3, 0.4) is 0 Å². The van der Waals surface area contributed by atoms with Crippen LogP contribution < -0.4 is 0 Å². The molecule has 0 unspecified atom stereocenters. The summed E-state index contributed by atoms with van der Waals surface area (Å²) in [7, 11) is 0. The molecule has 96 valence electrons. The maximum Gasteiger partial charge on any atom is 0.308 e. The Kier molecular flexibility index (Phi) is 4.21. The van der Waals surface area contributed by atoms with Crippen molar-refractivity contribution in [3.05, 3.63) is 33.4 Å². The van der Waals surface area contributed by atoms with Gasteiger partial charge in [0.25, 0.3) is 5.91 Å². The summed E-state index contributed by atoms with van der Waals surface area (Å²) >= 11 is 2.18. The van der Waals surface area contributed by atoms with Gasteiger partial charge in [-0.25, -0.2) is 0 Å². The average molecular weight is 359 g/mol. The summed E-state index contributed by atoms with van der Waals surface area (Å²) in [5.41, 5.74) is 0.626. The molecule has 0 aliphatic carbocycles. The number of rotatable bonds is 2. The van der Waals surface area contributed by atoms with Gasteiger partial charge in [0.05, 0.1) is 5.92 Å². The molecule has 0 radical (unpaired) electrons. The van der Waals surface area contributed by atoms with Crippen LogP contribution in [0.15, 0.2) is 24.3 Å². The van der Waals surface area contributed by atoms with E-state index < -0.39 is 11.9 Å². The molecule has 1 saturated heterocycles. The van der Waals surface area contributed by atoms with E-state index in [0.717, 1.165) is 9.99 Å². The van der Waals surface area contributed by atoms with Crippen molar-refractivity contribution >= 4 is 34.5 Å². The van der Waals surface area contributed by atoms with Crippen LogP contribution in [0.4, 0.5) is 0 Å². The maximum absolute atomic E-state index is 12.2. The summed E-state index contributed by atoms with van der Waals surface area (Å²) in [5, 5.41) is 9.01. The van der Waals surface area contributed by atoms with Gasteiger partial charge < -0.3 is 10.0 Å².